The first-order valence-corrected chi connectivity index (χ1v) is 8.42. The number of hydrogen-bond acceptors (Lipinski definition) is 6. The fourth-order valence-electron chi connectivity index (χ4n) is 2.39. The van der Waals surface area contributed by atoms with Gasteiger partial charge in [0.25, 0.3) is 11.5 Å². The highest BCUT2D eigenvalue weighted by Crippen LogP contribution is 2.14. The molecule has 0 radical (unpaired) electrons. The summed E-state index contributed by atoms with van der Waals surface area (Å²) in [6.45, 7) is 3.57. The van der Waals surface area contributed by atoms with Crippen LogP contribution >= 0.6 is 11.3 Å². The topological polar surface area (TPSA) is 106 Å². The van der Waals surface area contributed by atoms with Crippen LogP contribution in [0.3, 0.4) is 0 Å². The molecule has 25 heavy (non-hydrogen) atoms. The van der Waals surface area contributed by atoms with Gasteiger partial charge in [-0.15, -0.1) is 11.3 Å². The zero-order valence-corrected chi connectivity index (χ0v) is 14.5. The van der Waals surface area contributed by atoms with Crippen molar-refractivity contribution in [3.05, 3.63) is 51.3 Å². The molecule has 2 N–H and O–H groups in total. The number of carbonyl (C=O) groups is 2. The van der Waals surface area contributed by atoms with Crippen molar-refractivity contribution in [2.24, 2.45) is 0 Å². The van der Waals surface area contributed by atoms with Gasteiger partial charge in [-0.3, -0.25) is 29.8 Å². The van der Waals surface area contributed by atoms with E-state index in [1.54, 1.807) is 31.4 Å². The molecule has 0 aliphatic carbocycles. The third kappa shape index (κ3) is 3.61. The quantitative estimate of drug-likeness (QED) is 0.686. The second kappa shape index (κ2) is 6.89. The minimum absolute atomic E-state index is 0.0287. The molecule has 0 aliphatic rings. The lowest BCUT2D eigenvalue weighted by molar-refractivity contribution is -0.122. The zero-order chi connectivity index (χ0) is 18.0. The van der Waals surface area contributed by atoms with Gasteiger partial charge in [0.05, 0.1) is 17.3 Å². The highest BCUT2D eigenvalue weighted by atomic mass is 32.1. The summed E-state index contributed by atoms with van der Waals surface area (Å²) in [7, 11) is 0. The van der Waals surface area contributed by atoms with Gasteiger partial charge >= 0.3 is 0 Å². The Morgan fingerprint density at radius 1 is 1.32 bits per heavy atom. The fourth-order valence-corrected chi connectivity index (χ4v) is 3.11. The van der Waals surface area contributed by atoms with Crippen molar-refractivity contribution in [2.45, 2.75) is 26.8 Å². The molecular formula is C16H16N4O4S. The standard InChI is InChI=1S/C16H16N4O4S/c1-9-7-12(10(2)24-9)14(22)19-18-13(21)3-5-20-8-17-15-11(16(20)23)4-6-25-15/h4,6-8H,3,5H2,1-2H3,(H,18,21)(H,19,22). The molecule has 8 nitrogen and oxygen atoms in total. The molecular weight excluding hydrogens is 344 g/mol. The summed E-state index contributed by atoms with van der Waals surface area (Å²) in [4.78, 5) is 40.9. The molecule has 3 aromatic rings. The lowest BCUT2D eigenvalue weighted by Gasteiger charge is -2.08. The van der Waals surface area contributed by atoms with E-state index in [2.05, 4.69) is 15.8 Å². The Bertz CT molecular complexity index is 1000. The summed E-state index contributed by atoms with van der Waals surface area (Å²) in [5.41, 5.74) is 4.83. The number of rotatable bonds is 4. The average molecular weight is 360 g/mol. The monoisotopic (exact) mass is 360 g/mol. The molecule has 3 aromatic heterocycles. The Labute approximate surface area is 146 Å². The minimum Gasteiger partial charge on any atom is -0.466 e. The molecule has 0 saturated heterocycles. The van der Waals surface area contributed by atoms with Gasteiger partial charge < -0.3 is 4.42 Å². The van der Waals surface area contributed by atoms with Gasteiger partial charge in [-0.25, -0.2) is 4.98 Å². The Morgan fingerprint density at radius 2 is 2.12 bits per heavy atom. The molecule has 0 unspecified atom stereocenters. The van der Waals surface area contributed by atoms with Crippen molar-refractivity contribution in [3.8, 4) is 0 Å². The summed E-state index contributed by atoms with van der Waals surface area (Å²) >= 11 is 1.39. The number of fused-ring (bicyclic) bond motifs is 1. The molecule has 9 heteroatoms. The molecule has 0 bridgehead atoms. The van der Waals surface area contributed by atoms with Crippen molar-refractivity contribution in [1.82, 2.24) is 20.4 Å². The SMILES string of the molecule is Cc1cc(C(=O)NNC(=O)CCn2cnc3sccc3c2=O)c(C)o1. The van der Waals surface area contributed by atoms with Gasteiger partial charge in [0.15, 0.2) is 0 Å². The molecule has 0 atom stereocenters. The number of nitrogens with zero attached hydrogens (tertiary/aromatic N) is 2. The Kier molecular flexibility index (Phi) is 4.66. The second-order valence-electron chi connectivity index (χ2n) is 5.46. The number of amides is 2. The summed E-state index contributed by atoms with van der Waals surface area (Å²) in [5.74, 6) is 0.223. The van der Waals surface area contributed by atoms with Gasteiger partial charge in [0.1, 0.15) is 16.4 Å². The van der Waals surface area contributed by atoms with E-state index in [1.165, 1.54) is 22.2 Å². The number of thiophene rings is 1. The Hall–Kier alpha value is -2.94. The van der Waals surface area contributed by atoms with Gasteiger partial charge in [-0.05, 0) is 31.4 Å². The van der Waals surface area contributed by atoms with E-state index in [0.717, 1.165) is 0 Å². The normalized spacial score (nSPS) is 10.8. The summed E-state index contributed by atoms with van der Waals surface area (Å²) < 4.78 is 6.65. The summed E-state index contributed by atoms with van der Waals surface area (Å²) in [6, 6.07) is 3.31. The van der Waals surface area contributed by atoms with Crippen molar-refractivity contribution in [1.29, 1.82) is 0 Å². The predicted octanol–water partition coefficient (Wildman–Crippen LogP) is 1.52. The van der Waals surface area contributed by atoms with E-state index < -0.39 is 11.8 Å². The van der Waals surface area contributed by atoms with E-state index in [9.17, 15) is 14.4 Å². The molecule has 0 fully saturated rings. The highest BCUT2D eigenvalue weighted by molar-refractivity contribution is 7.16. The molecule has 2 amide bonds. The summed E-state index contributed by atoms with van der Waals surface area (Å²) in [5, 5.41) is 2.33. The van der Waals surface area contributed by atoms with Crippen LogP contribution in [0.1, 0.15) is 28.3 Å². The van der Waals surface area contributed by atoms with Crippen LogP contribution in [0.25, 0.3) is 10.2 Å². The lowest BCUT2D eigenvalue weighted by atomic mass is 10.2. The Balaban J connectivity index is 1.55. The number of hydrogen-bond donors (Lipinski definition) is 2. The molecule has 0 aliphatic heterocycles. The Morgan fingerprint density at radius 3 is 2.84 bits per heavy atom. The van der Waals surface area contributed by atoms with Crippen molar-refractivity contribution < 1.29 is 14.0 Å². The van der Waals surface area contributed by atoms with E-state index in [0.29, 0.717) is 27.3 Å². The predicted molar refractivity (Wildman–Crippen MR) is 92.3 cm³/mol. The number of aryl methyl sites for hydroxylation is 3. The zero-order valence-electron chi connectivity index (χ0n) is 13.7. The van der Waals surface area contributed by atoms with Crippen LogP contribution in [0.2, 0.25) is 0 Å². The van der Waals surface area contributed by atoms with Crippen LogP contribution in [0, 0.1) is 13.8 Å². The van der Waals surface area contributed by atoms with E-state index in [-0.39, 0.29) is 18.5 Å². The van der Waals surface area contributed by atoms with Crippen LogP contribution in [0.4, 0.5) is 0 Å². The van der Waals surface area contributed by atoms with Crippen LogP contribution in [0.5, 0.6) is 0 Å². The van der Waals surface area contributed by atoms with Crippen molar-refractivity contribution in [3.63, 3.8) is 0 Å². The van der Waals surface area contributed by atoms with E-state index in [4.69, 9.17) is 4.42 Å². The number of carbonyl (C=O) groups excluding carboxylic acids is 2. The van der Waals surface area contributed by atoms with Gasteiger partial charge in [0, 0.05) is 13.0 Å². The molecule has 0 aromatic carbocycles. The summed E-state index contributed by atoms with van der Waals surface area (Å²) in [6.07, 6.45) is 1.45. The van der Waals surface area contributed by atoms with Gasteiger partial charge in [-0.1, -0.05) is 0 Å². The van der Waals surface area contributed by atoms with Crippen LogP contribution in [-0.2, 0) is 11.3 Å². The highest BCUT2D eigenvalue weighted by Gasteiger charge is 2.14. The maximum atomic E-state index is 12.2. The first-order valence-electron chi connectivity index (χ1n) is 7.54. The third-order valence-corrected chi connectivity index (χ3v) is 4.45. The first-order chi connectivity index (χ1) is 12.0. The van der Waals surface area contributed by atoms with Crippen molar-refractivity contribution >= 4 is 33.4 Å². The third-order valence-electron chi connectivity index (χ3n) is 3.63. The van der Waals surface area contributed by atoms with Crippen LogP contribution in [-0.4, -0.2) is 21.4 Å². The number of furan rings is 1. The second-order valence-corrected chi connectivity index (χ2v) is 6.36. The molecule has 3 heterocycles. The van der Waals surface area contributed by atoms with E-state index in [1.807, 2.05) is 0 Å². The van der Waals surface area contributed by atoms with Crippen LogP contribution in [0.15, 0.2) is 33.1 Å². The van der Waals surface area contributed by atoms with Crippen LogP contribution < -0.4 is 16.4 Å². The number of aromatic nitrogens is 2. The van der Waals surface area contributed by atoms with Gasteiger partial charge in [-0.2, -0.15) is 0 Å². The van der Waals surface area contributed by atoms with Gasteiger partial charge in [0.2, 0.25) is 5.91 Å². The van der Waals surface area contributed by atoms with E-state index >= 15 is 0 Å². The maximum Gasteiger partial charge on any atom is 0.273 e. The smallest absolute Gasteiger partial charge is 0.273 e. The average Bonchev–Trinajstić information content (AvgIpc) is 3.18. The number of nitrogens with one attached hydrogen (secondary N) is 2. The lowest BCUT2D eigenvalue weighted by Crippen LogP contribution is -2.42. The van der Waals surface area contributed by atoms with Crippen molar-refractivity contribution in [2.75, 3.05) is 0 Å². The molecule has 3 rings (SSSR count). The minimum atomic E-state index is -0.457. The molecule has 130 valence electrons. The fraction of sp³-hybridized carbons (Fsp3) is 0.250. The number of hydrazine groups is 1. The maximum absolute atomic E-state index is 12.2. The first kappa shape index (κ1) is 16.9. The largest absolute Gasteiger partial charge is 0.466 e. The molecule has 0 saturated carbocycles. The molecule has 0 spiro atoms.